The summed E-state index contributed by atoms with van der Waals surface area (Å²) < 4.78 is 23.7. The van der Waals surface area contributed by atoms with Gasteiger partial charge in [-0.15, -0.1) is 0 Å². The molecular formula is C25H32O9. The van der Waals surface area contributed by atoms with Crippen molar-refractivity contribution in [3.63, 3.8) is 0 Å². The molecule has 3 saturated heterocycles. The van der Waals surface area contributed by atoms with E-state index in [-0.39, 0.29) is 18.4 Å². The number of rotatable bonds is 1. The number of carbonyl (C=O) groups excluding carboxylic acids is 1. The Bertz CT molecular complexity index is 1090. The Morgan fingerprint density at radius 2 is 1.79 bits per heavy atom. The van der Waals surface area contributed by atoms with Crippen molar-refractivity contribution in [1.82, 2.24) is 0 Å². The number of epoxide rings is 1. The van der Waals surface area contributed by atoms with Crippen molar-refractivity contribution < 1.29 is 43.8 Å². The summed E-state index contributed by atoms with van der Waals surface area (Å²) >= 11 is 0. The van der Waals surface area contributed by atoms with Crippen LogP contribution < -0.4 is 0 Å². The molecule has 1 spiro atoms. The highest BCUT2D eigenvalue weighted by Gasteiger charge is 2.91. The molecule has 1 aromatic rings. The molecule has 0 unspecified atom stereocenters. The Morgan fingerprint density at radius 1 is 1.06 bits per heavy atom. The van der Waals surface area contributed by atoms with Gasteiger partial charge in [0.2, 0.25) is 0 Å². The number of fused-ring (bicyclic) bond motifs is 5. The minimum atomic E-state index is -2.17. The second kappa shape index (κ2) is 5.74. The highest BCUT2D eigenvalue weighted by atomic mass is 16.6. The number of ether oxygens (including phenoxy) is 3. The summed E-state index contributed by atoms with van der Waals surface area (Å²) in [5, 5.41) is 46.6. The molecule has 3 saturated carbocycles. The molecule has 1 aromatic heterocycles. The predicted molar refractivity (Wildman–Crippen MR) is 113 cm³/mol. The second-order valence-corrected chi connectivity index (χ2v) is 12.3. The average Bonchev–Trinajstić information content (AvgIpc) is 3.00. The van der Waals surface area contributed by atoms with Gasteiger partial charge in [0.05, 0.1) is 42.5 Å². The minimum Gasteiger partial charge on any atom is -0.472 e. The lowest BCUT2D eigenvalue weighted by atomic mass is 9.43. The highest BCUT2D eigenvalue weighted by molar-refractivity contribution is 5.81. The van der Waals surface area contributed by atoms with E-state index in [0.717, 1.165) is 12.0 Å². The lowest BCUT2D eigenvalue weighted by Crippen LogP contribution is -2.78. The van der Waals surface area contributed by atoms with Crippen LogP contribution in [0.2, 0.25) is 0 Å². The zero-order valence-corrected chi connectivity index (χ0v) is 19.7. The summed E-state index contributed by atoms with van der Waals surface area (Å²) in [5.41, 5.74) is -6.94. The zero-order chi connectivity index (χ0) is 24.3. The van der Waals surface area contributed by atoms with E-state index in [2.05, 4.69) is 6.92 Å². The van der Waals surface area contributed by atoms with Crippen LogP contribution >= 0.6 is 0 Å². The van der Waals surface area contributed by atoms with Crippen LogP contribution in [0.5, 0.6) is 0 Å². The summed E-state index contributed by atoms with van der Waals surface area (Å²) in [4.78, 5) is 12.5. The first-order valence-electron chi connectivity index (χ1n) is 12.2. The molecule has 6 fully saturated rings. The van der Waals surface area contributed by atoms with Gasteiger partial charge in [-0.2, -0.15) is 0 Å². The van der Waals surface area contributed by atoms with Gasteiger partial charge in [0, 0.05) is 23.2 Å². The first-order valence-corrected chi connectivity index (χ1v) is 12.2. The average molecular weight is 477 g/mol. The van der Waals surface area contributed by atoms with Gasteiger partial charge in [0.1, 0.15) is 5.60 Å². The largest absolute Gasteiger partial charge is 0.472 e. The quantitative estimate of drug-likeness (QED) is 0.339. The molecule has 186 valence electrons. The van der Waals surface area contributed by atoms with Gasteiger partial charge < -0.3 is 39.1 Å². The third-order valence-electron chi connectivity index (χ3n) is 11.3. The normalized spacial score (nSPS) is 63.4. The SMILES string of the molecule is C[C@]12[C@H](C[C@@H](O)[C@]3(C)OC(=O)[C@H](O)[C@]13O)O[C@@H]1C[C@@]3(C)[C@H](c4ccoc4)C[C@H]4O[C@]43[C@](C)(O)[C@H]12. The van der Waals surface area contributed by atoms with Crippen molar-refractivity contribution in [2.45, 2.75) is 106 Å². The minimum absolute atomic E-state index is 0.0948. The van der Waals surface area contributed by atoms with Crippen molar-refractivity contribution in [2.75, 3.05) is 0 Å². The molecule has 34 heavy (non-hydrogen) atoms. The van der Waals surface area contributed by atoms with Gasteiger partial charge >= 0.3 is 5.97 Å². The highest BCUT2D eigenvalue weighted by Crippen LogP contribution is 2.79. The lowest BCUT2D eigenvalue weighted by molar-refractivity contribution is -0.293. The third-order valence-corrected chi connectivity index (χ3v) is 11.3. The molecule has 3 aliphatic heterocycles. The van der Waals surface area contributed by atoms with E-state index in [4.69, 9.17) is 18.6 Å². The van der Waals surface area contributed by atoms with Crippen molar-refractivity contribution >= 4 is 5.97 Å². The van der Waals surface area contributed by atoms with Crippen LogP contribution in [-0.2, 0) is 19.0 Å². The van der Waals surface area contributed by atoms with E-state index in [1.807, 2.05) is 6.07 Å². The number of aliphatic hydroxyl groups excluding tert-OH is 2. The van der Waals surface area contributed by atoms with E-state index in [9.17, 15) is 25.2 Å². The molecule has 0 amide bonds. The molecule has 9 heteroatoms. The van der Waals surface area contributed by atoms with Gasteiger partial charge in [0.15, 0.2) is 17.3 Å². The van der Waals surface area contributed by atoms with Gasteiger partial charge in [-0.1, -0.05) is 13.8 Å². The summed E-state index contributed by atoms with van der Waals surface area (Å²) in [7, 11) is 0. The third kappa shape index (κ3) is 1.83. The van der Waals surface area contributed by atoms with Crippen LogP contribution in [0.4, 0.5) is 0 Å². The standard InChI is InChI=1S/C25H32O9/c1-20-9-13-17(22(3,29)25(20)16(33-25)7-12(20)11-5-6-31-10-11)21(2)15(32-13)8-14(26)23(4)24(21,30)18(27)19(28)34-23/h5-6,10,12-18,26-27,29-30H,7-9H2,1-4H3/t12-,13+,14+,15-,16+,17+,18-,20-,21+,22+,23-,24-,25+/m0/s1. The zero-order valence-electron chi connectivity index (χ0n) is 19.7. The first kappa shape index (κ1) is 21.8. The number of hydrogen-bond donors (Lipinski definition) is 4. The molecule has 3 aliphatic carbocycles. The van der Waals surface area contributed by atoms with Crippen LogP contribution in [0.3, 0.4) is 0 Å². The van der Waals surface area contributed by atoms with Crippen molar-refractivity contribution in [2.24, 2.45) is 16.7 Å². The number of esters is 1. The Kier molecular flexibility index (Phi) is 3.67. The fourth-order valence-electron chi connectivity index (χ4n) is 9.86. The van der Waals surface area contributed by atoms with Crippen molar-refractivity contribution in [3.8, 4) is 0 Å². The molecule has 6 aliphatic rings. The Balaban J connectivity index is 1.40. The number of carbonyl (C=O) groups is 1. The smallest absolute Gasteiger partial charge is 0.338 e. The fraction of sp³-hybridized carbons (Fsp3) is 0.800. The van der Waals surface area contributed by atoms with E-state index in [1.54, 1.807) is 26.4 Å². The fourth-order valence-corrected chi connectivity index (χ4v) is 9.86. The van der Waals surface area contributed by atoms with Crippen LogP contribution in [0.1, 0.15) is 58.4 Å². The van der Waals surface area contributed by atoms with Crippen LogP contribution in [-0.4, -0.2) is 79.3 Å². The van der Waals surface area contributed by atoms with Gasteiger partial charge in [-0.25, -0.2) is 4.79 Å². The Labute approximate surface area is 197 Å². The molecule has 9 nitrogen and oxygen atoms in total. The van der Waals surface area contributed by atoms with Gasteiger partial charge in [-0.3, -0.25) is 0 Å². The topological polar surface area (TPSA) is 142 Å². The van der Waals surface area contributed by atoms with Crippen molar-refractivity contribution in [3.05, 3.63) is 24.2 Å². The molecule has 0 radical (unpaired) electrons. The van der Waals surface area contributed by atoms with Crippen molar-refractivity contribution in [1.29, 1.82) is 0 Å². The summed E-state index contributed by atoms with van der Waals surface area (Å²) in [6.45, 7) is 7.08. The van der Waals surface area contributed by atoms with Crippen LogP contribution in [0.15, 0.2) is 23.0 Å². The molecule has 7 rings (SSSR count). The summed E-state index contributed by atoms with van der Waals surface area (Å²) in [6, 6.07) is 1.95. The maximum Gasteiger partial charge on any atom is 0.338 e. The molecule has 0 bridgehead atoms. The molecule has 4 N–H and O–H groups in total. The Hall–Kier alpha value is -1.49. The molecule has 4 heterocycles. The predicted octanol–water partition coefficient (Wildman–Crippen LogP) is 0.627. The maximum absolute atomic E-state index is 12.5. The number of hydrogen-bond acceptors (Lipinski definition) is 9. The van der Waals surface area contributed by atoms with E-state index in [1.165, 1.54) is 6.92 Å². The first-order chi connectivity index (χ1) is 15.8. The summed E-state index contributed by atoms with van der Waals surface area (Å²) in [5.74, 6) is -1.56. The van der Waals surface area contributed by atoms with E-state index < -0.39 is 69.5 Å². The molecule has 13 atom stereocenters. The number of furan rings is 1. The maximum atomic E-state index is 12.5. The van der Waals surface area contributed by atoms with E-state index in [0.29, 0.717) is 6.42 Å². The van der Waals surface area contributed by atoms with Crippen LogP contribution in [0, 0.1) is 16.7 Å². The molecule has 0 aromatic carbocycles. The Morgan fingerprint density at radius 3 is 2.47 bits per heavy atom. The second-order valence-electron chi connectivity index (χ2n) is 12.3. The molecular weight excluding hydrogens is 444 g/mol. The van der Waals surface area contributed by atoms with Crippen LogP contribution in [0.25, 0.3) is 0 Å². The van der Waals surface area contributed by atoms with Gasteiger partial charge in [0.25, 0.3) is 0 Å². The monoisotopic (exact) mass is 476 g/mol. The number of aliphatic hydroxyl groups is 4. The lowest BCUT2D eigenvalue weighted by Gasteiger charge is -2.62. The van der Waals surface area contributed by atoms with Gasteiger partial charge in [-0.05, 0) is 44.2 Å². The summed E-state index contributed by atoms with van der Waals surface area (Å²) in [6.07, 6.45) is 0.326. The van der Waals surface area contributed by atoms with E-state index >= 15 is 0 Å².